The first-order valence-electron chi connectivity index (χ1n) is 5.42. The Morgan fingerprint density at radius 3 is 2.77 bits per heavy atom. The molecule has 0 radical (unpaired) electrons. The summed E-state index contributed by atoms with van der Waals surface area (Å²) in [5.74, 6) is 0. The molecule has 2 fully saturated rings. The van der Waals surface area contributed by atoms with Crippen LogP contribution in [0.15, 0.2) is 0 Å². The van der Waals surface area contributed by atoms with E-state index in [1.807, 2.05) is 0 Å². The average molecular weight is 184 g/mol. The molecule has 2 atom stereocenters. The third-order valence-corrected chi connectivity index (χ3v) is 3.13. The fraction of sp³-hybridized carbons (Fsp3) is 1.00. The fourth-order valence-corrected chi connectivity index (χ4v) is 2.35. The van der Waals surface area contributed by atoms with Gasteiger partial charge in [-0.1, -0.05) is 0 Å². The summed E-state index contributed by atoms with van der Waals surface area (Å²) in [6, 6.07) is 0.783. The standard InChI is InChI=1S/C10H20N2O/c1-9-8-10(2-7-13-9)12-5-3-11-4-6-12/h9-11H,2-8H2,1H3. The van der Waals surface area contributed by atoms with Gasteiger partial charge < -0.3 is 10.1 Å². The summed E-state index contributed by atoms with van der Waals surface area (Å²) in [6.07, 6.45) is 2.92. The molecule has 1 N–H and O–H groups in total. The summed E-state index contributed by atoms with van der Waals surface area (Å²) in [5.41, 5.74) is 0. The lowest BCUT2D eigenvalue weighted by atomic mass is 10.0. The van der Waals surface area contributed by atoms with Gasteiger partial charge in [-0.15, -0.1) is 0 Å². The smallest absolute Gasteiger partial charge is 0.0561 e. The van der Waals surface area contributed by atoms with Crippen molar-refractivity contribution >= 4 is 0 Å². The summed E-state index contributed by atoms with van der Waals surface area (Å²) in [4.78, 5) is 2.62. The normalized spacial score (nSPS) is 37.6. The highest BCUT2D eigenvalue weighted by Gasteiger charge is 2.25. The van der Waals surface area contributed by atoms with E-state index in [9.17, 15) is 0 Å². The van der Waals surface area contributed by atoms with Gasteiger partial charge in [0, 0.05) is 38.8 Å². The Morgan fingerprint density at radius 1 is 1.31 bits per heavy atom. The molecule has 0 bridgehead atoms. The molecule has 2 aliphatic heterocycles. The van der Waals surface area contributed by atoms with E-state index in [0.717, 1.165) is 25.7 Å². The topological polar surface area (TPSA) is 24.5 Å². The van der Waals surface area contributed by atoms with E-state index in [-0.39, 0.29) is 0 Å². The molecule has 0 aromatic heterocycles. The van der Waals surface area contributed by atoms with Gasteiger partial charge in [-0.25, -0.2) is 0 Å². The van der Waals surface area contributed by atoms with E-state index in [2.05, 4.69) is 17.1 Å². The van der Waals surface area contributed by atoms with Crippen LogP contribution >= 0.6 is 0 Å². The quantitative estimate of drug-likeness (QED) is 0.641. The Kier molecular flexibility index (Phi) is 3.19. The highest BCUT2D eigenvalue weighted by atomic mass is 16.5. The number of ether oxygens (including phenoxy) is 1. The minimum atomic E-state index is 0.466. The molecule has 2 aliphatic rings. The van der Waals surface area contributed by atoms with E-state index in [1.54, 1.807) is 0 Å². The van der Waals surface area contributed by atoms with Gasteiger partial charge in [0.15, 0.2) is 0 Å². The van der Waals surface area contributed by atoms with Crippen molar-refractivity contribution in [2.75, 3.05) is 32.8 Å². The monoisotopic (exact) mass is 184 g/mol. The molecule has 0 amide bonds. The summed E-state index contributed by atoms with van der Waals surface area (Å²) >= 11 is 0. The SMILES string of the molecule is CC1CC(N2CCNCC2)CCO1. The number of hydrogen-bond donors (Lipinski definition) is 1. The van der Waals surface area contributed by atoms with Crippen molar-refractivity contribution in [1.29, 1.82) is 0 Å². The Hall–Kier alpha value is -0.120. The molecule has 0 aromatic rings. The first-order chi connectivity index (χ1) is 6.36. The lowest BCUT2D eigenvalue weighted by molar-refractivity contribution is -0.0197. The lowest BCUT2D eigenvalue weighted by Crippen LogP contribution is -2.50. The molecular formula is C10H20N2O. The highest BCUT2D eigenvalue weighted by Crippen LogP contribution is 2.19. The van der Waals surface area contributed by atoms with Crippen molar-refractivity contribution in [1.82, 2.24) is 10.2 Å². The molecule has 0 aromatic carbocycles. The zero-order valence-electron chi connectivity index (χ0n) is 8.46. The largest absolute Gasteiger partial charge is 0.378 e. The minimum Gasteiger partial charge on any atom is -0.378 e. The van der Waals surface area contributed by atoms with Crippen molar-refractivity contribution in [3.05, 3.63) is 0 Å². The molecule has 76 valence electrons. The van der Waals surface area contributed by atoms with E-state index in [0.29, 0.717) is 6.10 Å². The number of nitrogens with one attached hydrogen (secondary N) is 1. The van der Waals surface area contributed by atoms with Gasteiger partial charge in [-0.05, 0) is 19.8 Å². The zero-order chi connectivity index (χ0) is 9.10. The first-order valence-corrected chi connectivity index (χ1v) is 5.42. The molecule has 2 rings (SSSR count). The van der Waals surface area contributed by atoms with Gasteiger partial charge in [0.05, 0.1) is 6.10 Å². The maximum Gasteiger partial charge on any atom is 0.0561 e. The van der Waals surface area contributed by atoms with Crippen molar-refractivity contribution in [2.24, 2.45) is 0 Å². The van der Waals surface area contributed by atoms with Gasteiger partial charge in [0.25, 0.3) is 0 Å². The number of piperazine rings is 1. The molecule has 13 heavy (non-hydrogen) atoms. The van der Waals surface area contributed by atoms with Crippen LogP contribution in [0.1, 0.15) is 19.8 Å². The summed E-state index contributed by atoms with van der Waals surface area (Å²) in [6.45, 7) is 7.90. The molecule has 0 aliphatic carbocycles. The summed E-state index contributed by atoms with van der Waals surface area (Å²) < 4.78 is 5.56. The summed E-state index contributed by atoms with van der Waals surface area (Å²) in [7, 11) is 0. The number of hydrogen-bond acceptors (Lipinski definition) is 3. The molecule has 0 spiro atoms. The van der Waals surface area contributed by atoms with Crippen LogP contribution in [0, 0.1) is 0 Å². The number of nitrogens with zero attached hydrogens (tertiary/aromatic N) is 1. The van der Waals surface area contributed by atoms with Crippen LogP contribution in [-0.2, 0) is 4.74 Å². The first kappa shape index (κ1) is 9.44. The van der Waals surface area contributed by atoms with Gasteiger partial charge in [-0.2, -0.15) is 0 Å². The van der Waals surface area contributed by atoms with E-state index < -0.39 is 0 Å². The lowest BCUT2D eigenvalue weighted by Gasteiger charge is -2.38. The van der Waals surface area contributed by atoms with Crippen molar-refractivity contribution in [2.45, 2.75) is 31.9 Å². The molecule has 0 saturated carbocycles. The van der Waals surface area contributed by atoms with Crippen molar-refractivity contribution in [3.63, 3.8) is 0 Å². The molecule has 2 heterocycles. The van der Waals surface area contributed by atoms with Gasteiger partial charge >= 0.3 is 0 Å². The van der Waals surface area contributed by atoms with Crippen LogP contribution in [-0.4, -0.2) is 49.8 Å². The van der Waals surface area contributed by atoms with Gasteiger partial charge in [-0.3, -0.25) is 4.90 Å². The van der Waals surface area contributed by atoms with E-state index in [1.165, 1.54) is 25.9 Å². The zero-order valence-corrected chi connectivity index (χ0v) is 8.46. The van der Waals surface area contributed by atoms with Crippen LogP contribution in [0.2, 0.25) is 0 Å². The van der Waals surface area contributed by atoms with Crippen molar-refractivity contribution in [3.8, 4) is 0 Å². The van der Waals surface area contributed by atoms with Crippen LogP contribution in [0.5, 0.6) is 0 Å². The predicted octanol–water partition coefficient (Wildman–Crippen LogP) is 0.459. The predicted molar refractivity (Wildman–Crippen MR) is 52.9 cm³/mol. The fourth-order valence-electron chi connectivity index (χ4n) is 2.35. The maximum absolute atomic E-state index is 5.56. The minimum absolute atomic E-state index is 0.466. The molecule has 2 unspecified atom stereocenters. The van der Waals surface area contributed by atoms with E-state index in [4.69, 9.17) is 4.74 Å². The molecule has 2 saturated heterocycles. The van der Waals surface area contributed by atoms with Gasteiger partial charge in [0.1, 0.15) is 0 Å². The number of rotatable bonds is 1. The van der Waals surface area contributed by atoms with Crippen LogP contribution in [0.3, 0.4) is 0 Å². The molecular weight excluding hydrogens is 164 g/mol. The molecule has 3 nitrogen and oxygen atoms in total. The second-order valence-corrected chi connectivity index (χ2v) is 4.15. The third-order valence-electron chi connectivity index (χ3n) is 3.13. The van der Waals surface area contributed by atoms with Crippen LogP contribution < -0.4 is 5.32 Å². The third kappa shape index (κ3) is 2.42. The second-order valence-electron chi connectivity index (χ2n) is 4.15. The Labute approximate surface area is 80.4 Å². The Bertz CT molecular complexity index is 157. The average Bonchev–Trinajstić information content (AvgIpc) is 2.19. The van der Waals surface area contributed by atoms with Gasteiger partial charge in [0.2, 0.25) is 0 Å². The Balaban J connectivity index is 1.83. The Morgan fingerprint density at radius 2 is 2.08 bits per heavy atom. The van der Waals surface area contributed by atoms with Crippen LogP contribution in [0.4, 0.5) is 0 Å². The van der Waals surface area contributed by atoms with Crippen LogP contribution in [0.25, 0.3) is 0 Å². The molecule has 3 heteroatoms. The maximum atomic E-state index is 5.56. The highest BCUT2D eigenvalue weighted by molar-refractivity contribution is 4.80. The van der Waals surface area contributed by atoms with Crippen molar-refractivity contribution < 1.29 is 4.74 Å². The second kappa shape index (κ2) is 4.40. The summed E-state index contributed by atoms with van der Waals surface area (Å²) in [5, 5.41) is 3.39. The van der Waals surface area contributed by atoms with E-state index >= 15 is 0 Å².